The van der Waals surface area contributed by atoms with Crippen LogP contribution >= 0.6 is 0 Å². The van der Waals surface area contributed by atoms with Crippen LogP contribution < -0.4 is 21.2 Å². The van der Waals surface area contributed by atoms with E-state index in [0.717, 1.165) is 30.4 Å². The van der Waals surface area contributed by atoms with Crippen LogP contribution in [0.25, 0.3) is 0 Å². The van der Waals surface area contributed by atoms with Gasteiger partial charge in [0.1, 0.15) is 0 Å². The Morgan fingerprint density at radius 1 is 0.742 bits per heavy atom. The summed E-state index contributed by atoms with van der Waals surface area (Å²) in [4.78, 5) is 24.1. The molecule has 0 aliphatic rings. The molecule has 170 valence electrons. The molecule has 0 N–H and O–H groups in total. The van der Waals surface area contributed by atoms with E-state index in [1.54, 1.807) is 24.3 Å². The molecule has 0 aromatic heterocycles. The summed E-state index contributed by atoms with van der Waals surface area (Å²) >= 11 is -1.16. The molecule has 2 aromatic rings. The minimum absolute atomic E-state index is 0.0237. The number of carbonyl (C=O) groups excluding carboxylic acids is 2. The third kappa shape index (κ3) is 12.8. The summed E-state index contributed by atoms with van der Waals surface area (Å²) in [6.07, 6.45) is 5.96. The second kappa shape index (κ2) is 14.5. The minimum atomic E-state index is -3.97. The Hall–Kier alpha value is -1.58. The molecule has 0 amide bonds. The number of hydrogen-bond donors (Lipinski definition) is 0. The highest BCUT2D eigenvalue weighted by Crippen LogP contribution is 2.05. The van der Waals surface area contributed by atoms with E-state index in [9.17, 15) is 22.6 Å². The van der Waals surface area contributed by atoms with Crippen molar-refractivity contribution in [1.82, 2.24) is 0 Å². The van der Waals surface area contributed by atoms with Crippen LogP contribution in [-0.2, 0) is 10.1 Å². The lowest BCUT2D eigenvalue weighted by Gasteiger charge is -2.05. The average Bonchev–Trinajstić information content (AvgIpc) is 2.71. The van der Waals surface area contributed by atoms with E-state index in [-0.39, 0.29) is 13.3 Å². The van der Waals surface area contributed by atoms with E-state index in [1.807, 2.05) is 38.1 Å². The van der Waals surface area contributed by atoms with Crippen molar-refractivity contribution < 1.29 is 43.8 Å². The van der Waals surface area contributed by atoms with E-state index in [1.165, 1.54) is 12.8 Å². The molecule has 2 rings (SSSR count). The first kappa shape index (κ1) is 27.5. The standard InChI is InChI=1S/C16H14IO2.C8H18O3S/c1-11-3-7-13(8-4-11)15(18)17-16(19)14-9-5-12(2)6-10-14;1-2-3-4-5-6-7-8-12(9,10)11/h3-10H,1-2H3;2-8H2,1H3,(H,9,10,11)/q+1;/p-1. The summed E-state index contributed by atoms with van der Waals surface area (Å²) in [6, 6.07) is 14.8. The van der Waals surface area contributed by atoms with Gasteiger partial charge >= 0.3 is 28.8 Å². The lowest BCUT2D eigenvalue weighted by atomic mass is 10.1. The lowest BCUT2D eigenvalue weighted by Crippen LogP contribution is -3.67. The molecule has 0 atom stereocenters. The predicted molar refractivity (Wildman–Crippen MR) is 119 cm³/mol. The second-order valence-electron chi connectivity index (χ2n) is 7.40. The molecule has 0 bridgehead atoms. The number of carbonyl (C=O) groups is 2. The van der Waals surface area contributed by atoms with Crippen molar-refractivity contribution in [1.29, 1.82) is 0 Å². The van der Waals surface area contributed by atoms with Crippen LogP contribution in [0.2, 0.25) is 0 Å². The second-order valence-corrected chi connectivity index (χ2v) is 11.4. The number of halogens is 1. The van der Waals surface area contributed by atoms with Crippen molar-refractivity contribution in [3.05, 3.63) is 70.8 Å². The Morgan fingerprint density at radius 3 is 1.52 bits per heavy atom. The summed E-state index contributed by atoms with van der Waals surface area (Å²) in [5.41, 5.74) is 3.50. The highest BCUT2D eigenvalue weighted by molar-refractivity contribution is 7.85. The maximum atomic E-state index is 12.0. The first-order valence-electron chi connectivity index (χ1n) is 10.4. The van der Waals surface area contributed by atoms with Crippen LogP contribution in [0.5, 0.6) is 0 Å². The third-order valence-electron chi connectivity index (χ3n) is 4.48. The molecular formula is C24H31IO5S. The van der Waals surface area contributed by atoms with E-state index < -0.39 is 31.3 Å². The van der Waals surface area contributed by atoms with Gasteiger partial charge in [-0.1, -0.05) is 74.4 Å². The molecule has 0 radical (unpaired) electrons. The molecule has 0 aliphatic heterocycles. The Labute approximate surface area is 196 Å². The van der Waals surface area contributed by atoms with Crippen LogP contribution in [0.15, 0.2) is 48.5 Å². The number of unbranched alkanes of at least 4 members (excludes halogenated alkanes) is 5. The lowest BCUT2D eigenvalue weighted by molar-refractivity contribution is -0.450. The summed E-state index contributed by atoms with van der Waals surface area (Å²) in [5.74, 6) is -0.195. The highest BCUT2D eigenvalue weighted by atomic mass is 127. The Bertz CT molecular complexity index is 864. The van der Waals surface area contributed by atoms with E-state index >= 15 is 0 Å². The van der Waals surface area contributed by atoms with Gasteiger partial charge in [-0.25, -0.2) is 18.0 Å². The predicted octanol–water partition coefficient (Wildman–Crippen LogP) is 2.27. The summed E-state index contributed by atoms with van der Waals surface area (Å²) in [7, 11) is -3.97. The van der Waals surface area contributed by atoms with Gasteiger partial charge in [0, 0.05) is 5.75 Å². The van der Waals surface area contributed by atoms with Gasteiger partial charge in [0.15, 0.2) is 0 Å². The normalized spacial score (nSPS) is 10.8. The van der Waals surface area contributed by atoms with Gasteiger partial charge in [-0.3, -0.25) is 0 Å². The Morgan fingerprint density at radius 2 is 1.13 bits per heavy atom. The first-order valence-corrected chi connectivity index (χ1v) is 14.2. The Kier molecular flexibility index (Phi) is 12.8. The molecule has 7 heteroatoms. The monoisotopic (exact) mass is 558 g/mol. The van der Waals surface area contributed by atoms with Gasteiger partial charge in [0.2, 0.25) is 0 Å². The average molecular weight is 558 g/mol. The fourth-order valence-corrected chi connectivity index (χ4v) is 4.96. The van der Waals surface area contributed by atoms with Crippen molar-refractivity contribution in [2.75, 3.05) is 5.75 Å². The van der Waals surface area contributed by atoms with Crippen LogP contribution in [0.3, 0.4) is 0 Å². The smallest absolute Gasteiger partial charge is 0.452 e. The largest absolute Gasteiger partial charge is 0.748 e. The molecule has 5 nitrogen and oxygen atoms in total. The van der Waals surface area contributed by atoms with Crippen molar-refractivity contribution >= 4 is 17.7 Å². The van der Waals surface area contributed by atoms with Crippen LogP contribution in [0, 0.1) is 13.8 Å². The van der Waals surface area contributed by atoms with Gasteiger partial charge in [0.25, 0.3) is 0 Å². The maximum absolute atomic E-state index is 12.0. The number of hydrogen-bond acceptors (Lipinski definition) is 5. The van der Waals surface area contributed by atoms with Gasteiger partial charge in [-0.15, -0.1) is 0 Å². The zero-order chi connectivity index (χ0) is 23.3. The van der Waals surface area contributed by atoms with Crippen LogP contribution in [0.4, 0.5) is 0 Å². The first-order chi connectivity index (χ1) is 14.6. The number of aryl methyl sites for hydroxylation is 2. The number of rotatable bonds is 11. The van der Waals surface area contributed by atoms with Crippen LogP contribution in [-0.4, -0.2) is 26.3 Å². The molecule has 0 fully saturated rings. The quantitative estimate of drug-likeness (QED) is 0.183. The van der Waals surface area contributed by atoms with Crippen molar-refractivity contribution in [2.24, 2.45) is 0 Å². The molecule has 0 saturated carbocycles. The molecule has 0 saturated heterocycles. The van der Waals surface area contributed by atoms with Crippen molar-refractivity contribution in [3.63, 3.8) is 0 Å². The SMILES string of the molecule is CCCCCCCCS(=O)(=O)[O-].Cc1ccc(C(=O)[I+]C(=O)c2ccc(C)cc2)cc1. The maximum Gasteiger partial charge on any atom is 0.452 e. The van der Waals surface area contributed by atoms with E-state index in [4.69, 9.17) is 0 Å². The molecule has 0 aliphatic carbocycles. The zero-order valence-corrected chi connectivity index (χ0v) is 21.4. The zero-order valence-electron chi connectivity index (χ0n) is 18.4. The molecule has 0 unspecified atom stereocenters. The molecule has 2 aromatic carbocycles. The topological polar surface area (TPSA) is 91.3 Å². The van der Waals surface area contributed by atoms with Crippen molar-refractivity contribution in [3.8, 4) is 0 Å². The van der Waals surface area contributed by atoms with Crippen molar-refractivity contribution in [2.45, 2.75) is 59.3 Å². The molecule has 31 heavy (non-hydrogen) atoms. The summed E-state index contributed by atoms with van der Waals surface area (Å²) in [5, 5.41) is 0. The van der Waals surface area contributed by atoms with E-state index in [2.05, 4.69) is 6.92 Å². The summed E-state index contributed by atoms with van der Waals surface area (Å²) in [6.45, 7) is 6.07. The molecule has 0 heterocycles. The highest BCUT2D eigenvalue weighted by Gasteiger charge is 2.32. The fourth-order valence-electron chi connectivity index (χ4n) is 2.62. The van der Waals surface area contributed by atoms with Crippen LogP contribution in [0.1, 0.15) is 77.3 Å². The van der Waals surface area contributed by atoms with Gasteiger partial charge in [-0.2, -0.15) is 0 Å². The minimum Gasteiger partial charge on any atom is -0.748 e. The summed E-state index contributed by atoms with van der Waals surface area (Å²) < 4.78 is 30.4. The molecular weight excluding hydrogens is 527 g/mol. The molecule has 0 spiro atoms. The third-order valence-corrected chi connectivity index (χ3v) is 7.49. The van der Waals surface area contributed by atoms with Gasteiger partial charge in [0.05, 0.1) is 21.2 Å². The number of benzene rings is 2. The Balaban J connectivity index is 0.000000348. The van der Waals surface area contributed by atoms with Gasteiger partial charge < -0.3 is 4.55 Å². The fraction of sp³-hybridized carbons (Fsp3) is 0.417. The van der Waals surface area contributed by atoms with E-state index in [0.29, 0.717) is 17.5 Å². The van der Waals surface area contributed by atoms with Gasteiger partial charge in [-0.05, 0) is 44.5 Å².